The minimum Gasteiger partial charge on any atom is -0.483 e. The number of halogens is 1. The van der Waals surface area contributed by atoms with E-state index in [1.807, 2.05) is 37.3 Å². The van der Waals surface area contributed by atoms with Crippen LogP contribution in [0.5, 0.6) is 5.75 Å². The van der Waals surface area contributed by atoms with Crippen LogP contribution < -0.4 is 10.2 Å². The standard InChI is InChI=1S/C19H19BrN2O2/c1-13-11-15(20)9-10-18(13)24-12-19(23)22-21-17-8-4-6-14-5-2-3-7-16(14)17/h2-3,5,7,9-11H,4,6,8,12H2,1H3,(H,22,23)/b21-17-. The van der Waals surface area contributed by atoms with E-state index in [9.17, 15) is 4.79 Å². The minimum absolute atomic E-state index is 0.0547. The average molecular weight is 387 g/mol. The molecule has 0 spiro atoms. The van der Waals surface area contributed by atoms with Gasteiger partial charge < -0.3 is 4.74 Å². The lowest BCUT2D eigenvalue weighted by molar-refractivity contribution is -0.123. The number of nitrogens with zero attached hydrogens (tertiary/aromatic N) is 1. The van der Waals surface area contributed by atoms with E-state index in [-0.39, 0.29) is 12.5 Å². The maximum atomic E-state index is 12.0. The van der Waals surface area contributed by atoms with Gasteiger partial charge in [0.1, 0.15) is 5.75 Å². The Labute approximate surface area is 150 Å². The number of hydrazone groups is 1. The van der Waals surface area contributed by atoms with Gasteiger partial charge in [0, 0.05) is 10.0 Å². The maximum Gasteiger partial charge on any atom is 0.277 e. The lowest BCUT2D eigenvalue weighted by Gasteiger charge is -2.17. The first kappa shape index (κ1) is 16.7. The summed E-state index contributed by atoms with van der Waals surface area (Å²) in [5, 5.41) is 4.30. The highest BCUT2D eigenvalue weighted by molar-refractivity contribution is 9.10. The van der Waals surface area contributed by atoms with Gasteiger partial charge in [-0.05, 0) is 55.5 Å². The number of amides is 1. The summed E-state index contributed by atoms with van der Waals surface area (Å²) in [7, 11) is 0. The van der Waals surface area contributed by atoms with E-state index in [2.05, 4.69) is 38.6 Å². The van der Waals surface area contributed by atoms with Gasteiger partial charge in [-0.15, -0.1) is 0 Å². The van der Waals surface area contributed by atoms with Crippen molar-refractivity contribution in [2.45, 2.75) is 26.2 Å². The van der Waals surface area contributed by atoms with Crippen LogP contribution in [0.25, 0.3) is 0 Å². The van der Waals surface area contributed by atoms with Gasteiger partial charge >= 0.3 is 0 Å². The van der Waals surface area contributed by atoms with Crippen molar-refractivity contribution in [1.82, 2.24) is 5.43 Å². The summed E-state index contributed by atoms with van der Waals surface area (Å²) in [5.74, 6) is 0.442. The third-order valence-corrected chi connectivity index (χ3v) is 4.49. The topological polar surface area (TPSA) is 50.7 Å². The molecule has 24 heavy (non-hydrogen) atoms. The van der Waals surface area contributed by atoms with Crippen LogP contribution in [0.1, 0.15) is 29.5 Å². The summed E-state index contributed by atoms with van der Waals surface area (Å²) >= 11 is 3.41. The molecule has 4 nitrogen and oxygen atoms in total. The molecule has 0 saturated carbocycles. The molecule has 1 aliphatic rings. The maximum absolute atomic E-state index is 12.0. The zero-order valence-corrected chi connectivity index (χ0v) is 15.1. The molecule has 0 unspecified atom stereocenters. The molecule has 1 amide bonds. The highest BCUT2D eigenvalue weighted by atomic mass is 79.9. The predicted octanol–water partition coefficient (Wildman–Crippen LogP) is 3.99. The Morgan fingerprint density at radius 3 is 2.92 bits per heavy atom. The van der Waals surface area contributed by atoms with E-state index in [4.69, 9.17) is 4.74 Å². The van der Waals surface area contributed by atoms with Crippen molar-refractivity contribution in [3.63, 3.8) is 0 Å². The first-order valence-electron chi connectivity index (χ1n) is 7.96. The van der Waals surface area contributed by atoms with Gasteiger partial charge in [0.15, 0.2) is 6.61 Å². The average Bonchev–Trinajstić information content (AvgIpc) is 2.59. The summed E-state index contributed by atoms with van der Waals surface area (Å²) in [4.78, 5) is 12.0. The molecule has 5 heteroatoms. The molecule has 2 aromatic rings. The van der Waals surface area contributed by atoms with Crippen molar-refractivity contribution in [3.8, 4) is 5.75 Å². The molecule has 0 fully saturated rings. The molecule has 124 valence electrons. The van der Waals surface area contributed by atoms with E-state index in [0.717, 1.165) is 40.6 Å². The van der Waals surface area contributed by atoms with Crippen LogP contribution in [0.3, 0.4) is 0 Å². The van der Waals surface area contributed by atoms with Gasteiger partial charge in [-0.3, -0.25) is 4.79 Å². The van der Waals surface area contributed by atoms with E-state index < -0.39 is 0 Å². The first-order valence-corrected chi connectivity index (χ1v) is 8.75. The molecule has 0 atom stereocenters. The Hall–Kier alpha value is -2.14. The molecule has 2 aromatic carbocycles. The number of hydrogen-bond donors (Lipinski definition) is 1. The molecule has 1 aliphatic carbocycles. The van der Waals surface area contributed by atoms with Gasteiger partial charge in [0.25, 0.3) is 5.91 Å². The normalized spacial score (nSPS) is 15.0. The number of ether oxygens (including phenoxy) is 1. The van der Waals surface area contributed by atoms with Crippen LogP contribution in [0.15, 0.2) is 52.0 Å². The Morgan fingerprint density at radius 2 is 2.08 bits per heavy atom. The third-order valence-electron chi connectivity index (χ3n) is 4.00. The van der Waals surface area contributed by atoms with Gasteiger partial charge in [-0.1, -0.05) is 40.2 Å². The molecule has 0 aliphatic heterocycles. The molecule has 0 heterocycles. The summed E-state index contributed by atoms with van der Waals surface area (Å²) in [6.45, 7) is 1.89. The largest absolute Gasteiger partial charge is 0.483 e. The molecular formula is C19H19BrN2O2. The minimum atomic E-state index is -0.257. The molecule has 1 N–H and O–H groups in total. The number of hydrogen-bond acceptors (Lipinski definition) is 3. The highest BCUT2D eigenvalue weighted by Crippen LogP contribution is 2.22. The van der Waals surface area contributed by atoms with E-state index in [1.165, 1.54) is 5.56 Å². The van der Waals surface area contributed by atoms with Crippen molar-refractivity contribution in [3.05, 3.63) is 63.6 Å². The number of carbonyl (C=O) groups is 1. The lowest BCUT2D eigenvalue weighted by Crippen LogP contribution is -2.27. The monoisotopic (exact) mass is 386 g/mol. The lowest BCUT2D eigenvalue weighted by atomic mass is 9.90. The Kier molecular flexibility index (Phi) is 5.30. The van der Waals surface area contributed by atoms with Crippen LogP contribution in [0.2, 0.25) is 0 Å². The van der Waals surface area contributed by atoms with Crippen molar-refractivity contribution >= 4 is 27.5 Å². The van der Waals surface area contributed by atoms with Crippen LogP contribution >= 0.6 is 15.9 Å². The second kappa shape index (κ2) is 7.62. The number of rotatable bonds is 4. The molecule has 3 rings (SSSR count). The zero-order valence-electron chi connectivity index (χ0n) is 13.5. The Morgan fingerprint density at radius 1 is 1.25 bits per heavy atom. The molecular weight excluding hydrogens is 368 g/mol. The SMILES string of the molecule is Cc1cc(Br)ccc1OCC(=O)N/N=C1/CCCc2ccccc21. The molecule has 0 radical (unpaired) electrons. The van der Waals surface area contributed by atoms with Crippen LogP contribution in [-0.2, 0) is 11.2 Å². The van der Waals surface area contributed by atoms with E-state index >= 15 is 0 Å². The van der Waals surface area contributed by atoms with Gasteiger partial charge in [-0.25, -0.2) is 5.43 Å². The van der Waals surface area contributed by atoms with Gasteiger partial charge in [-0.2, -0.15) is 5.10 Å². The molecule has 0 bridgehead atoms. The molecule has 0 aromatic heterocycles. The fourth-order valence-corrected chi connectivity index (χ4v) is 3.27. The zero-order chi connectivity index (χ0) is 16.9. The quantitative estimate of drug-likeness (QED) is 0.807. The van der Waals surface area contributed by atoms with Crippen LogP contribution in [0, 0.1) is 6.92 Å². The second-order valence-electron chi connectivity index (χ2n) is 5.80. The summed E-state index contributed by atoms with van der Waals surface area (Å²) < 4.78 is 6.55. The number of aryl methyl sites for hydroxylation is 2. The van der Waals surface area contributed by atoms with Crippen LogP contribution in [-0.4, -0.2) is 18.2 Å². The fraction of sp³-hybridized carbons (Fsp3) is 0.263. The fourth-order valence-electron chi connectivity index (χ4n) is 2.80. The van der Waals surface area contributed by atoms with E-state index in [1.54, 1.807) is 0 Å². The van der Waals surface area contributed by atoms with Crippen molar-refractivity contribution in [1.29, 1.82) is 0 Å². The first-order chi connectivity index (χ1) is 11.6. The Balaban J connectivity index is 1.60. The van der Waals surface area contributed by atoms with Gasteiger partial charge in [0.2, 0.25) is 0 Å². The van der Waals surface area contributed by atoms with E-state index in [0.29, 0.717) is 5.75 Å². The number of nitrogens with one attached hydrogen (secondary N) is 1. The van der Waals surface area contributed by atoms with Crippen LogP contribution in [0.4, 0.5) is 0 Å². The van der Waals surface area contributed by atoms with Crippen molar-refractivity contribution in [2.75, 3.05) is 6.61 Å². The summed E-state index contributed by atoms with van der Waals surface area (Å²) in [6.07, 6.45) is 3.00. The van der Waals surface area contributed by atoms with Gasteiger partial charge in [0.05, 0.1) is 5.71 Å². The smallest absolute Gasteiger partial charge is 0.277 e. The number of carbonyl (C=O) groups excluding carboxylic acids is 1. The van der Waals surface area contributed by atoms with Crippen molar-refractivity contribution < 1.29 is 9.53 Å². The Bertz CT molecular complexity index is 787. The highest BCUT2D eigenvalue weighted by Gasteiger charge is 2.15. The molecule has 0 saturated heterocycles. The summed E-state index contributed by atoms with van der Waals surface area (Å²) in [6, 6.07) is 13.9. The predicted molar refractivity (Wildman–Crippen MR) is 98.4 cm³/mol. The number of fused-ring (bicyclic) bond motifs is 1. The second-order valence-corrected chi connectivity index (χ2v) is 6.72. The third kappa shape index (κ3) is 4.03. The number of benzene rings is 2. The van der Waals surface area contributed by atoms with Crippen molar-refractivity contribution in [2.24, 2.45) is 5.10 Å². The summed E-state index contributed by atoms with van der Waals surface area (Å²) in [5.41, 5.74) is 6.94.